The van der Waals surface area contributed by atoms with Crippen molar-refractivity contribution in [3.8, 4) is 0 Å². The molecule has 3 rings (SSSR count). The van der Waals surface area contributed by atoms with Crippen LogP contribution in [0.4, 0.5) is 5.69 Å². The molecule has 0 unspecified atom stereocenters. The van der Waals surface area contributed by atoms with Crippen molar-refractivity contribution in [3.63, 3.8) is 0 Å². The van der Waals surface area contributed by atoms with Crippen molar-refractivity contribution in [1.82, 2.24) is 21.3 Å². The fraction of sp³-hybridized carbons (Fsp3) is 0.308. The topological polar surface area (TPSA) is 204 Å². The second kappa shape index (κ2) is 15.5. The molecule has 2 aromatic carbocycles. The predicted molar refractivity (Wildman–Crippen MR) is 156 cm³/mol. The second-order valence-electron chi connectivity index (χ2n) is 8.79. The van der Waals surface area contributed by atoms with Crippen LogP contribution in [0.2, 0.25) is 0 Å². The van der Waals surface area contributed by atoms with Gasteiger partial charge in [-0.25, -0.2) is 0 Å². The van der Waals surface area contributed by atoms with E-state index in [0.29, 0.717) is 34.0 Å². The lowest BCUT2D eigenvalue weighted by atomic mass is 10.1. The van der Waals surface area contributed by atoms with E-state index in [1.165, 1.54) is 28.6 Å². The number of guanidine groups is 1. The summed E-state index contributed by atoms with van der Waals surface area (Å²) in [5.41, 5.74) is 6.39. The van der Waals surface area contributed by atoms with Crippen molar-refractivity contribution in [2.75, 3.05) is 25.5 Å². The number of nitrogens with one attached hydrogen (secondary N) is 5. The molecule has 0 radical (unpaired) electrons. The summed E-state index contributed by atoms with van der Waals surface area (Å²) in [6.45, 7) is -0.154. The minimum atomic E-state index is -1.40. The summed E-state index contributed by atoms with van der Waals surface area (Å²) < 4.78 is 0. The molecule has 1 heterocycles. The van der Waals surface area contributed by atoms with E-state index in [1.807, 2.05) is 0 Å². The molecule has 0 aliphatic carbocycles. The lowest BCUT2D eigenvalue weighted by molar-refractivity contribution is -0.140. The number of hydrogen-bond acceptors (Lipinski definition) is 8. The average Bonchev–Trinajstić information content (AvgIpc) is 2.95. The van der Waals surface area contributed by atoms with Gasteiger partial charge in [-0.1, -0.05) is 45.9 Å². The summed E-state index contributed by atoms with van der Waals surface area (Å²) in [6.07, 6.45) is -0.0197. The van der Waals surface area contributed by atoms with Crippen LogP contribution in [0.1, 0.15) is 29.6 Å². The Morgan fingerprint density at radius 1 is 1.00 bits per heavy atom. The van der Waals surface area contributed by atoms with E-state index in [1.54, 1.807) is 48.5 Å². The van der Waals surface area contributed by atoms with E-state index >= 15 is 0 Å². The number of carboxylic acids is 1. The first-order chi connectivity index (χ1) is 19.7. The largest absolute Gasteiger partial charge is 0.481 e. The van der Waals surface area contributed by atoms with E-state index in [0.717, 1.165) is 0 Å². The van der Waals surface area contributed by atoms with Gasteiger partial charge in [0.1, 0.15) is 12.1 Å². The van der Waals surface area contributed by atoms with Crippen LogP contribution in [0, 0.1) is 0 Å². The smallest absolute Gasteiger partial charge is 0.305 e. The number of rotatable bonds is 6. The number of amides is 4. The van der Waals surface area contributed by atoms with E-state index < -0.39 is 54.6 Å². The van der Waals surface area contributed by atoms with E-state index in [4.69, 9.17) is 5.73 Å². The average molecular weight is 602 g/mol. The molecule has 1 aliphatic rings. The number of carbonyl (C=O) groups is 5. The van der Waals surface area contributed by atoms with Crippen molar-refractivity contribution in [1.29, 1.82) is 0 Å². The Balaban J connectivity index is 1.91. The van der Waals surface area contributed by atoms with Gasteiger partial charge in [-0.3, -0.25) is 29.0 Å². The molecule has 8 N–H and O–H groups in total. The highest BCUT2D eigenvalue weighted by Gasteiger charge is 2.27. The molecule has 0 aromatic heterocycles. The molecule has 1 aliphatic heterocycles. The Morgan fingerprint density at radius 3 is 2.41 bits per heavy atom. The Labute approximate surface area is 244 Å². The summed E-state index contributed by atoms with van der Waals surface area (Å²) >= 11 is 0. The number of anilines is 1. The highest BCUT2D eigenvalue weighted by Crippen LogP contribution is 2.42. The zero-order valence-corrected chi connectivity index (χ0v) is 23.8. The van der Waals surface area contributed by atoms with Crippen LogP contribution in [0.3, 0.4) is 0 Å². The highest BCUT2D eigenvalue weighted by atomic mass is 33.1. The molecule has 2 atom stereocenters. The molecule has 13 nitrogen and oxygen atoms in total. The van der Waals surface area contributed by atoms with E-state index in [2.05, 4.69) is 31.6 Å². The second-order valence-corrected chi connectivity index (χ2v) is 11.0. The molecule has 0 fully saturated rings. The molecule has 41 heavy (non-hydrogen) atoms. The van der Waals surface area contributed by atoms with Crippen molar-refractivity contribution >= 4 is 62.8 Å². The third-order valence-electron chi connectivity index (χ3n) is 5.79. The molecule has 218 valence electrons. The summed E-state index contributed by atoms with van der Waals surface area (Å²) in [5.74, 6) is -3.66. The van der Waals surface area contributed by atoms with Crippen LogP contribution >= 0.6 is 21.6 Å². The summed E-state index contributed by atoms with van der Waals surface area (Å²) in [4.78, 5) is 68.5. The minimum absolute atomic E-state index is 0.213. The molecule has 0 saturated carbocycles. The molecule has 2 aromatic rings. The fourth-order valence-corrected chi connectivity index (χ4v) is 6.02. The summed E-state index contributed by atoms with van der Waals surface area (Å²) in [6, 6.07) is 11.4. The maximum absolute atomic E-state index is 13.3. The number of carbonyl (C=O) groups excluding carboxylic acids is 4. The Kier molecular flexibility index (Phi) is 11.8. The summed E-state index contributed by atoms with van der Waals surface area (Å²) in [7, 11) is 4.09. The SMILES string of the molecule is CN=C(N)NCCC[C@@H]1NC(=O)c2ccccc2SSc2ccccc2NC(=O)[C@H](CC(=O)O)NC(=O)CNC1=O. The van der Waals surface area contributed by atoms with Crippen LogP contribution in [0.5, 0.6) is 0 Å². The lowest BCUT2D eigenvalue weighted by Crippen LogP contribution is -2.52. The fourth-order valence-electron chi connectivity index (χ4n) is 3.71. The number of aliphatic carboxylic acids is 1. The molecule has 0 saturated heterocycles. The number of nitrogens with two attached hydrogens (primary N) is 1. The van der Waals surface area contributed by atoms with Crippen LogP contribution in [-0.4, -0.2) is 72.9 Å². The van der Waals surface area contributed by atoms with Crippen molar-refractivity contribution in [2.45, 2.75) is 41.1 Å². The van der Waals surface area contributed by atoms with Crippen LogP contribution < -0.4 is 32.3 Å². The first-order valence-corrected chi connectivity index (χ1v) is 14.7. The van der Waals surface area contributed by atoms with Crippen molar-refractivity contribution in [2.24, 2.45) is 10.7 Å². The van der Waals surface area contributed by atoms with Gasteiger partial charge in [-0.05, 0) is 37.1 Å². The first-order valence-electron chi connectivity index (χ1n) is 12.6. The first kappa shape index (κ1) is 31.3. The number of aliphatic imine (C=N–C) groups is 1. The van der Waals surface area contributed by atoms with Crippen molar-refractivity contribution in [3.05, 3.63) is 54.1 Å². The minimum Gasteiger partial charge on any atom is -0.481 e. The van der Waals surface area contributed by atoms with Gasteiger partial charge in [0.25, 0.3) is 5.91 Å². The Morgan fingerprint density at radius 2 is 1.68 bits per heavy atom. The van der Waals surface area contributed by atoms with Crippen molar-refractivity contribution < 1.29 is 29.1 Å². The molecule has 0 spiro atoms. The number of hydrogen-bond donors (Lipinski definition) is 7. The maximum Gasteiger partial charge on any atom is 0.305 e. The Hall–Kier alpha value is -4.24. The zero-order chi connectivity index (χ0) is 29.8. The van der Waals surface area contributed by atoms with Gasteiger partial charge in [0.2, 0.25) is 17.7 Å². The zero-order valence-electron chi connectivity index (χ0n) is 22.1. The van der Waals surface area contributed by atoms with Gasteiger partial charge in [-0.15, -0.1) is 0 Å². The van der Waals surface area contributed by atoms with E-state index in [-0.39, 0.29) is 12.4 Å². The quantitative estimate of drug-likeness (QED) is 0.108. The maximum atomic E-state index is 13.3. The predicted octanol–water partition coefficient (Wildman–Crippen LogP) is 0.927. The third kappa shape index (κ3) is 9.72. The third-order valence-corrected chi connectivity index (χ3v) is 8.27. The van der Waals surface area contributed by atoms with E-state index in [9.17, 15) is 29.1 Å². The van der Waals surface area contributed by atoms with Crippen LogP contribution in [-0.2, 0) is 19.2 Å². The Bertz CT molecular complexity index is 1320. The van der Waals surface area contributed by atoms with Gasteiger partial charge in [0.05, 0.1) is 24.2 Å². The van der Waals surface area contributed by atoms with Crippen LogP contribution in [0.15, 0.2) is 63.3 Å². The molecular weight excluding hydrogens is 570 g/mol. The lowest BCUT2D eigenvalue weighted by Gasteiger charge is -2.20. The van der Waals surface area contributed by atoms with Gasteiger partial charge in [0.15, 0.2) is 5.96 Å². The number of fused-ring (bicyclic) bond motifs is 2. The summed E-state index contributed by atoms with van der Waals surface area (Å²) in [5, 5.41) is 22.5. The van der Waals surface area contributed by atoms with Gasteiger partial charge >= 0.3 is 5.97 Å². The molecule has 4 amide bonds. The van der Waals surface area contributed by atoms with Gasteiger partial charge in [-0.2, -0.15) is 0 Å². The van der Waals surface area contributed by atoms with Gasteiger partial charge < -0.3 is 37.4 Å². The number of para-hydroxylation sites is 1. The standard InChI is InChI=1S/C26H31N7O6S2/c1-28-26(27)29-12-6-9-17-24(38)30-14-21(34)31-18(13-22(35)36)25(39)32-16-8-3-5-11-20(16)41-40-19-10-4-2-7-15(19)23(37)33-17/h2-5,7-8,10-11,17-18H,6,9,12-14H2,1H3,(H,30,38)(H,31,34)(H,32,39)(H,33,37)(H,35,36)(H3,27,28,29)/t17-,18-/m0/s1. The number of benzene rings is 2. The number of carboxylic acid groups (broad SMARTS) is 1. The van der Waals surface area contributed by atoms with Crippen LogP contribution in [0.25, 0.3) is 0 Å². The molecule has 0 bridgehead atoms. The number of nitrogens with zero attached hydrogens (tertiary/aromatic N) is 1. The molecule has 15 heteroatoms. The van der Waals surface area contributed by atoms with Gasteiger partial charge in [0, 0.05) is 23.4 Å². The highest BCUT2D eigenvalue weighted by molar-refractivity contribution is 8.76. The normalized spacial score (nSPS) is 18.9. The molecular formula is C26H31N7O6S2. The monoisotopic (exact) mass is 601 g/mol.